The molecule has 2 aromatic carbocycles. The first-order valence-corrected chi connectivity index (χ1v) is 7.78. The molecule has 0 aliphatic carbocycles. The van der Waals surface area contributed by atoms with Gasteiger partial charge in [0.2, 0.25) is 0 Å². The summed E-state index contributed by atoms with van der Waals surface area (Å²) >= 11 is 6.01. The standard InChI is InChI=1S/C18H15ClFN3O/c1-11(12-5-7-15(20)8-6-12)22-18(24)16-10-21-23-17(16)13-3-2-4-14(19)9-13/h2-11H,1H3,(H,21,23)(H,22,24). The van der Waals surface area contributed by atoms with Gasteiger partial charge in [-0.3, -0.25) is 9.89 Å². The number of nitrogens with one attached hydrogen (secondary N) is 2. The summed E-state index contributed by atoms with van der Waals surface area (Å²) in [6.45, 7) is 1.84. The molecule has 0 aliphatic heterocycles. The van der Waals surface area contributed by atoms with Crippen molar-refractivity contribution in [1.29, 1.82) is 0 Å². The van der Waals surface area contributed by atoms with E-state index in [4.69, 9.17) is 11.6 Å². The molecule has 0 bridgehead atoms. The van der Waals surface area contributed by atoms with Crippen LogP contribution in [0.4, 0.5) is 4.39 Å². The van der Waals surface area contributed by atoms with Gasteiger partial charge in [0.15, 0.2) is 0 Å². The van der Waals surface area contributed by atoms with Gasteiger partial charge in [-0.15, -0.1) is 0 Å². The fourth-order valence-electron chi connectivity index (χ4n) is 2.43. The van der Waals surface area contributed by atoms with Crippen molar-refractivity contribution in [2.75, 3.05) is 0 Å². The molecule has 0 radical (unpaired) electrons. The van der Waals surface area contributed by atoms with Gasteiger partial charge in [-0.25, -0.2) is 4.39 Å². The fourth-order valence-corrected chi connectivity index (χ4v) is 2.62. The highest BCUT2D eigenvalue weighted by Gasteiger charge is 2.18. The predicted octanol–water partition coefficient (Wildman–Crippen LogP) is 4.36. The minimum absolute atomic E-state index is 0.264. The second-order valence-electron chi connectivity index (χ2n) is 5.42. The third-order valence-corrected chi connectivity index (χ3v) is 3.95. The molecule has 0 fully saturated rings. The van der Waals surface area contributed by atoms with E-state index in [-0.39, 0.29) is 17.8 Å². The van der Waals surface area contributed by atoms with Crippen LogP contribution in [-0.2, 0) is 0 Å². The van der Waals surface area contributed by atoms with Crippen LogP contribution in [-0.4, -0.2) is 16.1 Å². The molecular formula is C18H15ClFN3O. The summed E-state index contributed by atoms with van der Waals surface area (Å²) < 4.78 is 13.0. The summed E-state index contributed by atoms with van der Waals surface area (Å²) in [7, 11) is 0. The van der Waals surface area contributed by atoms with Gasteiger partial charge >= 0.3 is 0 Å². The van der Waals surface area contributed by atoms with Crippen molar-refractivity contribution < 1.29 is 9.18 Å². The number of carbonyl (C=O) groups excluding carboxylic acids is 1. The summed E-state index contributed by atoms with van der Waals surface area (Å²) in [4.78, 5) is 12.6. The van der Waals surface area contributed by atoms with Crippen molar-refractivity contribution in [2.24, 2.45) is 0 Å². The monoisotopic (exact) mass is 343 g/mol. The van der Waals surface area contributed by atoms with Crippen molar-refractivity contribution in [3.63, 3.8) is 0 Å². The molecule has 1 aromatic heterocycles. The summed E-state index contributed by atoms with van der Waals surface area (Å²) in [6, 6.07) is 12.9. The summed E-state index contributed by atoms with van der Waals surface area (Å²) in [5, 5.41) is 10.3. The molecule has 1 unspecified atom stereocenters. The number of hydrogen-bond acceptors (Lipinski definition) is 2. The number of amides is 1. The third-order valence-electron chi connectivity index (χ3n) is 3.71. The van der Waals surface area contributed by atoms with Crippen LogP contribution in [0.25, 0.3) is 11.3 Å². The molecule has 1 heterocycles. The maximum absolute atomic E-state index is 13.0. The average molecular weight is 344 g/mol. The van der Waals surface area contributed by atoms with Gasteiger partial charge in [0.1, 0.15) is 5.82 Å². The van der Waals surface area contributed by atoms with E-state index in [1.165, 1.54) is 18.3 Å². The first-order valence-electron chi connectivity index (χ1n) is 7.40. The van der Waals surface area contributed by atoms with Crippen LogP contribution in [0.15, 0.2) is 54.7 Å². The lowest BCUT2D eigenvalue weighted by molar-refractivity contribution is 0.0940. The molecule has 0 spiro atoms. The predicted molar refractivity (Wildman–Crippen MR) is 91.3 cm³/mol. The first kappa shape index (κ1) is 16.2. The summed E-state index contributed by atoms with van der Waals surface area (Å²) in [6.07, 6.45) is 1.48. The second kappa shape index (κ2) is 6.84. The van der Waals surface area contributed by atoms with E-state index >= 15 is 0 Å². The molecule has 24 heavy (non-hydrogen) atoms. The molecule has 6 heteroatoms. The van der Waals surface area contributed by atoms with E-state index in [0.29, 0.717) is 16.3 Å². The Hall–Kier alpha value is -2.66. The van der Waals surface area contributed by atoms with Gasteiger partial charge in [-0.1, -0.05) is 35.9 Å². The molecule has 1 atom stereocenters. The number of rotatable bonds is 4. The number of nitrogens with zero attached hydrogens (tertiary/aromatic N) is 1. The van der Waals surface area contributed by atoms with E-state index in [1.54, 1.807) is 30.3 Å². The van der Waals surface area contributed by atoms with E-state index in [0.717, 1.165) is 11.1 Å². The number of hydrogen-bond donors (Lipinski definition) is 2. The maximum atomic E-state index is 13.0. The van der Waals surface area contributed by atoms with Gasteiger partial charge in [0.05, 0.1) is 23.5 Å². The highest BCUT2D eigenvalue weighted by molar-refractivity contribution is 6.30. The largest absolute Gasteiger partial charge is 0.345 e. The van der Waals surface area contributed by atoms with Gasteiger partial charge in [0.25, 0.3) is 5.91 Å². The summed E-state index contributed by atoms with van der Waals surface area (Å²) in [5.74, 6) is -0.578. The highest BCUT2D eigenvalue weighted by Crippen LogP contribution is 2.24. The van der Waals surface area contributed by atoms with E-state index in [9.17, 15) is 9.18 Å². The van der Waals surface area contributed by atoms with E-state index < -0.39 is 0 Å². The van der Waals surface area contributed by atoms with Gasteiger partial charge in [-0.2, -0.15) is 5.10 Å². The Morgan fingerprint density at radius 2 is 2.00 bits per heavy atom. The Morgan fingerprint density at radius 1 is 1.25 bits per heavy atom. The number of aromatic nitrogens is 2. The second-order valence-corrected chi connectivity index (χ2v) is 5.85. The van der Waals surface area contributed by atoms with Crippen LogP contribution in [0.1, 0.15) is 28.9 Å². The zero-order chi connectivity index (χ0) is 17.1. The molecule has 122 valence electrons. The Labute approximate surface area is 143 Å². The molecule has 1 amide bonds. The number of halogens is 2. The zero-order valence-electron chi connectivity index (χ0n) is 12.9. The number of aromatic amines is 1. The van der Waals surface area contributed by atoms with Crippen LogP contribution in [0, 0.1) is 5.82 Å². The molecule has 3 rings (SSSR count). The van der Waals surface area contributed by atoms with Crippen molar-refractivity contribution in [3.8, 4) is 11.3 Å². The van der Waals surface area contributed by atoms with Crippen molar-refractivity contribution in [3.05, 3.63) is 76.7 Å². The lowest BCUT2D eigenvalue weighted by atomic mass is 10.1. The number of carbonyl (C=O) groups is 1. The van der Waals surface area contributed by atoms with Crippen molar-refractivity contribution in [2.45, 2.75) is 13.0 Å². The summed E-state index contributed by atoms with van der Waals surface area (Å²) in [5.41, 5.74) is 2.62. The molecule has 3 aromatic rings. The Bertz CT molecular complexity index is 861. The van der Waals surface area contributed by atoms with Crippen molar-refractivity contribution in [1.82, 2.24) is 15.5 Å². The molecule has 0 aliphatic rings. The average Bonchev–Trinajstić information content (AvgIpc) is 3.05. The van der Waals surface area contributed by atoms with Crippen LogP contribution in [0.3, 0.4) is 0 Å². The highest BCUT2D eigenvalue weighted by atomic mass is 35.5. The van der Waals surface area contributed by atoms with E-state index in [1.807, 2.05) is 13.0 Å². The first-order chi connectivity index (χ1) is 11.5. The Kier molecular flexibility index (Phi) is 4.62. The van der Waals surface area contributed by atoms with Crippen LogP contribution >= 0.6 is 11.6 Å². The molecule has 4 nitrogen and oxygen atoms in total. The lowest BCUT2D eigenvalue weighted by Crippen LogP contribution is -2.26. The number of benzene rings is 2. The van der Waals surface area contributed by atoms with Gasteiger partial charge < -0.3 is 5.32 Å². The number of H-pyrrole nitrogens is 1. The van der Waals surface area contributed by atoms with Gasteiger partial charge in [0, 0.05) is 10.6 Å². The Balaban J connectivity index is 1.81. The topological polar surface area (TPSA) is 57.8 Å². The quantitative estimate of drug-likeness (QED) is 0.739. The molecule has 0 saturated heterocycles. The molecular weight excluding hydrogens is 329 g/mol. The normalized spacial score (nSPS) is 12.0. The lowest BCUT2D eigenvalue weighted by Gasteiger charge is -2.14. The zero-order valence-corrected chi connectivity index (χ0v) is 13.6. The third kappa shape index (κ3) is 3.46. The minimum atomic E-state index is -0.310. The molecule has 2 N–H and O–H groups in total. The van der Waals surface area contributed by atoms with Gasteiger partial charge in [-0.05, 0) is 36.8 Å². The fraction of sp³-hybridized carbons (Fsp3) is 0.111. The maximum Gasteiger partial charge on any atom is 0.255 e. The Morgan fingerprint density at radius 3 is 2.71 bits per heavy atom. The van der Waals surface area contributed by atoms with E-state index in [2.05, 4.69) is 15.5 Å². The SMILES string of the molecule is CC(NC(=O)c1cn[nH]c1-c1cccc(Cl)c1)c1ccc(F)cc1. The van der Waals surface area contributed by atoms with Crippen molar-refractivity contribution >= 4 is 17.5 Å². The van der Waals surface area contributed by atoms with Crippen LogP contribution < -0.4 is 5.32 Å². The minimum Gasteiger partial charge on any atom is -0.345 e. The molecule has 0 saturated carbocycles. The van der Waals surface area contributed by atoms with Crippen LogP contribution in [0.2, 0.25) is 5.02 Å². The van der Waals surface area contributed by atoms with Crippen LogP contribution in [0.5, 0.6) is 0 Å². The smallest absolute Gasteiger partial charge is 0.255 e.